The van der Waals surface area contributed by atoms with Crippen LogP contribution in [0.3, 0.4) is 0 Å². The number of amides is 2. The summed E-state index contributed by atoms with van der Waals surface area (Å²) in [6, 6.07) is 6.72. The standard InChI is InChI=1S/C22H24F3N5O2/c23-22(24,25)18-4-1-3-16(13-18)14-30-15-17(5-6-19(30)31)20(32)28-9-11-29(12-10-28)21-26-7-2-8-27-21/h1-4,7-8,13,17H,5-6,9-12,14-15H2/t17-/m1/s1. The van der Waals surface area contributed by atoms with Gasteiger partial charge in [0.25, 0.3) is 0 Å². The Morgan fingerprint density at radius 3 is 2.47 bits per heavy atom. The van der Waals surface area contributed by atoms with E-state index in [0.717, 1.165) is 12.1 Å². The van der Waals surface area contributed by atoms with Crippen molar-refractivity contribution in [3.8, 4) is 0 Å². The van der Waals surface area contributed by atoms with Gasteiger partial charge in [-0.25, -0.2) is 9.97 Å². The van der Waals surface area contributed by atoms with Crippen LogP contribution in [0, 0.1) is 5.92 Å². The fraction of sp³-hybridized carbons (Fsp3) is 0.455. The van der Waals surface area contributed by atoms with E-state index in [1.165, 1.54) is 11.0 Å². The van der Waals surface area contributed by atoms with E-state index in [-0.39, 0.29) is 37.2 Å². The third-order valence-electron chi connectivity index (χ3n) is 5.90. The molecule has 0 spiro atoms. The number of alkyl halides is 3. The monoisotopic (exact) mass is 447 g/mol. The molecule has 0 unspecified atom stereocenters. The Balaban J connectivity index is 1.36. The van der Waals surface area contributed by atoms with Crippen LogP contribution < -0.4 is 4.90 Å². The second-order valence-corrected chi connectivity index (χ2v) is 8.07. The van der Waals surface area contributed by atoms with Gasteiger partial charge in [0.2, 0.25) is 17.8 Å². The van der Waals surface area contributed by atoms with Gasteiger partial charge in [-0.1, -0.05) is 12.1 Å². The van der Waals surface area contributed by atoms with Crippen molar-refractivity contribution < 1.29 is 22.8 Å². The predicted molar refractivity (Wildman–Crippen MR) is 110 cm³/mol. The number of hydrogen-bond acceptors (Lipinski definition) is 5. The maximum absolute atomic E-state index is 13.1. The van der Waals surface area contributed by atoms with Crippen molar-refractivity contribution in [2.24, 2.45) is 5.92 Å². The summed E-state index contributed by atoms with van der Waals surface area (Å²) in [4.78, 5) is 39.2. The Kier molecular flexibility index (Phi) is 6.29. The Morgan fingerprint density at radius 1 is 1.06 bits per heavy atom. The van der Waals surface area contributed by atoms with Gasteiger partial charge < -0.3 is 14.7 Å². The summed E-state index contributed by atoms with van der Waals surface area (Å²) in [6.45, 7) is 2.59. The smallest absolute Gasteiger partial charge is 0.339 e. The van der Waals surface area contributed by atoms with Gasteiger partial charge in [0, 0.05) is 58.1 Å². The van der Waals surface area contributed by atoms with E-state index in [4.69, 9.17) is 0 Å². The van der Waals surface area contributed by atoms with Crippen molar-refractivity contribution in [1.29, 1.82) is 0 Å². The zero-order chi connectivity index (χ0) is 22.7. The molecule has 170 valence electrons. The summed E-state index contributed by atoms with van der Waals surface area (Å²) in [5.74, 6) is 0.130. The predicted octanol–water partition coefficient (Wildman–Crippen LogP) is 2.58. The van der Waals surface area contributed by atoms with E-state index in [2.05, 4.69) is 9.97 Å². The third kappa shape index (κ3) is 5.00. The first kappa shape index (κ1) is 22.0. The van der Waals surface area contributed by atoms with Crippen molar-refractivity contribution in [1.82, 2.24) is 19.8 Å². The van der Waals surface area contributed by atoms with E-state index in [1.807, 2.05) is 4.90 Å². The van der Waals surface area contributed by atoms with Crippen LogP contribution in [0.25, 0.3) is 0 Å². The number of likely N-dealkylation sites (tertiary alicyclic amines) is 1. The molecule has 2 saturated heterocycles. The lowest BCUT2D eigenvalue weighted by Crippen LogP contribution is -2.53. The zero-order valence-corrected chi connectivity index (χ0v) is 17.5. The highest BCUT2D eigenvalue weighted by Crippen LogP contribution is 2.30. The Morgan fingerprint density at radius 2 is 1.78 bits per heavy atom. The van der Waals surface area contributed by atoms with Crippen LogP contribution in [-0.4, -0.2) is 64.3 Å². The number of carbonyl (C=O) groups is 2. The minimum atomic E-state index is -4.44. The van der Waals surface area contributed by atoms with Gasteiger partial charge in [-0.15, -0.1) is 0 Å². The second kappa shape index (κ2) is 9.13. The van der Waals surface area contributed by atoms with Crippen LogP contribution in [0.5, 0.6) is 0 Å². The number of halogens is 3. The molecule has 0 bridgehead atoms. The summed E-state index contributed by atoms with van der Waals surface area (Å²) >= 11 is 0. The molecule has 2 aliphatic rings. The molecule has 1 aromatic heterocycles. The summed E-state index contributed by atoms with van der Waals surface area (Å²) in [5.41, 5.74) is -0.342. The van der Waals surface area contributed by atoms with Gasteiger partial charge in [-0.3, -0.25) is 9.59 Å². The molecule has 7 nitrogen and oxygen atoms in total. The van der Waals surface area contributed by atoms with E-state index in [9.17, 15) is 22.8 Å². The van der Waals surface area contributed by atoms with Crippen molar-refractivity contribution in [3.63, 3.8) is 0 Å². The lowest BCUT2D eigenvalue weighted by atomic mass is 9.95. The molecule has 32 heavy (non-hydrogen) atoms. The zero-order valence-electron chi connectivity index (χ0n) is 17.5. The van der Waals surface area contributed by atoms with Crippen molar-refractivity contribution >= 4 is 17.8 Å². The van der Waals surface area contributed by atoms with Crippen LogP contribution in [0.15, 0.2) is 42.7 Å². The van der Waals surface area contributed by atoms with Crippen LogP contribution in [0.4, 0.5) is 19.1 Å². The maximum Gasteiger partial charge on any atom is 0.416 e. The molecule has 1 atom stereocenters. The van der Waals surface area contributed by atoms with Crippen molar-refractivity contribution in [2.75, 3.05) is 37.6 Å². The first-order valence-corrected chi connectivity index (χ1v) is 10.6. The highest BCUT2D eigenvalue weighted by molar-refractivity contribution is 5.84. The number of rotatable bonds is 4. The first-order chi connectivity index (χ1) is 15.3. The molecule has 2 aromatic rings. The van der Waals surface area contributed by atoms with Gasteiger partial charge in [-0.2, -0.15) is 13.2 Å². The second-order valence-electron chi connectivity index (χ2n) is 8.07. The number of aromatic nitrogens is 2. The van der Waals surface area contributed by atoms with Gasteiger partial charge in [0.1, 0.15) is 0 Å². The van der Waals surface area contributed by atoms with E-state index in [0.29, 0.717) is 44.1 Å². The van der Waals surface area contributed by atoms with Crippen molar-refractivity contribution in [2.45, 2.75) is 25.6 Å². The molecule has 10 heteroatoms. The number of piperazine rings is 1. The average Bonchev–Trinajstić information content (AvgIpc) is 2.80. The highest BCUT2D eigenvalue weighted by Gasteiger charge is 2.35. The molecule has 2 fully saturated rings. The summed E-state index contributed by atoms with van der Waals surface area (Å²) in [6.07, 6.45) is -0.408. The third-order valence-corrected chi connectivity index (χ3v) is 5.90. The minimum absolute atomic E-state index is 0.0137. The Bertz CT molecular complexity index is 962. The molecule has 0 aliphatic carbocycles. The normalized spacial score (nSPS) is 19.9. The molecule has 0 radical (unpaired) electrons. The number of carbonyl (C=O) groups excluding carboxylic acids is 2. The Hall–Kier alpha value is -3.17. The fourth-order valence-corrected chi connectivity index (χ4v) is 4.18. The lowest BCUT2D eigenvalue weighted by Gasteiger charge is -2.39. The molecule has 4 rings (SSSR count). The lowest BCUT2D eigenvalue weighted by molar-refractivity contribution is -0.143. The maximum atomic E-state index is 13.1. The molecular weight excluding hydrogens is 423 g/mol. The molecule has 2 aliphatic heterocycles. The summed E-state index contributed by atoms with van der Waals surface area (Å²) in [7, 11) is 0. The van der Waals surface area contributed by atoms with Gasteiger partial charge in [0.15, 0.2) is 0 Å². The highest BCUT2D eigenvalue weighted by atomic mass is 19.4. The Labute approximate surface area is 183 Å². The largest absolute Gasteiger partial charge is 0.416 e. The molecule has 2 amide bonds. The SMILES string of the molecule is O=C1CC[C@@H](C(=O)N2CCN(c3ncccn3)CC2)CN1Cc1cccc(C(F)(F)F)c1. The van der Waals surface area contributed by atoms with Gasteiger partial charge in [-0.05, 0) is 30.2 Å². The van der Waals surface area contributed by atoms with Gasteiger partial charge in [0.05, 0.1) is 11.5 Å². The van der Waals surface area contributed by atoms with E-state index in [1.54, 1.807) is 29.4 Å². The fourth-order valence-electron chi connectivity index (χ4n) is 4.18. The molecule has 3 heterocycles. The average molecular weight is 447 g/mol. The van der Waals surface area contributed by atoms with Gasteiger partial charge >= 0.3 is 6.18 Å². The van der Waals surface area contributed by atoms with Crippen LogP contribution in [0.2, 0.25) is 0 Å². The van der Waals surface area contributed by atoms with E-state index < -0.39 is 11.7 Å². The number of nitrogens with zero attached hydrogens (tertiary/aromatic N) is 5. The molecule has 0 saturated carbocycles. The number of hydrogen-bond donors (Lipinski definition) is 0. The number of piperidine rings is 1. The molecule has 0 N–H and O–H groups in total. The molecule has 1 aromatic carbocycles. The minimum Gasteiger partial charge on any atom is -0.339 e. The summed E-state index contributed by atoms with van der Waals surface area (Å²) < 4.78 is 39.0. The number of benzene rings is 1. The van der Waals surface area contributed by atoms with Crippen LogP contribution >= 0.6 is 0 Å². The van der Waals surface area contributed by atoms with Crippen molar-refractivity contribution in [3.05, 3.63) is 53.9 Å². The molecular formula is C22H24F3N5O2. The van der Waals surface area contributed by atoms with Crippen LogP contribution in [0.1, 0.15) is 24.0 Å². The first-order valence-electron chi connectivity index (χ1n) is 10.6. The number of anilines is 1. The quantitative estimate of drug-likeness (QED) is 0.721. The van der Waals surface area contributed by atoms with Crippen LogP contribution in [-0.2, 0) is 22.3 Å². The topological polar surface area (TPSA) is 69.6 Å². The summed E-state index contributed by atoms with van der Waals surface area (Å²) in [5, 5.41) is 0. The van der Waals surface area contributed by atoms with E-state index >= 15 is 0 Å².